The molecule has 6 rings (SSSR count). The summed E-state index contributed by atoms with van der Waals surface area (Å²) in [5.74, 6) is 0.0647. The predicted molar refractivity (Wildman–Crippen MR) is 150 cm³/mol. The molecule has 0 bridgehead atoms. The summed E-state index contributed by atoms with van der Waals surface area (Å²) in [5, 5.41) is 0. The van der Waals surface area contributed by atoms with Crippen molar-refractivity contribution in [1.29, 1.82) is 0 Å². The second kappa shape index (κ2) is 11.2. The molecule has 0 aliphatic carbocycles. The molecular formula is C31H32N6O2. The zero-order valence-corrected chi connectivity index (χ0v) is 21.9. The van der Waals surface area contributed by atoms with Gasteiger partial charge in [0.2, 0.25) is 0 Å². The Morgan fingerprint density at radius 2 is 1.28 bits per heavy atom. The van der Waals surface area contributed by atoms with Crippen molar-refractivity contribution in [2.45, 2.75) is 18.9 Å². The number of benzene rings is 2. The van der Waals surface area contributed by atoms with Gasteiger partial charge in [0, 0.05) is 62.0 Å². The largest absolute Gasteiger partial charge is 0.341 e. The van der Waals surface area contributed by atoms with Crippen LogP contribution >= 0.6 is 0 Å². The third kappa shape index (κ3) is 5.47. The lowest BCUT2D eigenvalue weighted by Gasteiger charge is -2.42. The number of nitrogens with zero attached hydrogens (tertiary/aromatic N) is 5. The van der Waals surface area contributed by atoms with Crippen LogP contribution in [0.3, 0.4) is 0 Å². The highest BCUT2D eigenvalue weighted by molar-refractivity contribution is 5.96. The molecule has 2 aromatic heterocycles. The van der Waals surface area contributed by atoms with Crippen molar-refractivity contribution < 1.29 is 9.59 Å². The number of hydrogen-bond donors (Lipinski definition) is 1. The van der Waals surface area contributed by atoms with Crippen molar-refractivity contribution in [1.82, 2.24) is 29.7 Å². The Kier molecular flexibility index (Phi) is 7.19. The highest BCUT2D eigenvalue weighted by Gasteiger charge is 2.31. The van der Waals surface area contributed by atoms with Crippen LogP contribution in [-0.2, 0) is 0 Å². The number of amides is 2. The van der Waals surface area contributed by atoms with E-state index in [1.807, 2.05) is 82.6 Å². The second-order valence-electron chi connectivity index (χ2n) is 10.2. The molecule has 0 atom stereocenters. The Labute approximate surface area is 228 Å². The predicted octanol–water partition coefficient (Wildman–Crippen LogP) is 4.20. The standard InChI is InChI=1S/C31H32N6O2/c38-30(25-19-27(23-7-3-1-4-8-23)34-28(20-25)24-9-5-2-6-10-24)37-17-15-35(16-18-37)26-11-13-36(14-12-26)31(39)29-21-32-22-33-29/h1-10,19-22,26H,11-18H2,(H,32,33). The number of piperidine rings is 1. The number of aromatic nitrogens is 3. The van der Waals surface area contributed by atoms with Crippen LogP contribution in [0.5, 0.6) is 0 Å². The van der Waals surface area contributed by atoms with Crippen LogP contribution in [0.4, 0.5) is 0 Å². The van der Waals surface area contributed by atoms with Crippen molar-refractivity contribution in [3.63, 3.8) is 0 Å². The molecule has 0 spiro atoms. The second-order valence-corrected chi connectivity index (χ2v) is 10.2. The van der Waals surface area contributed by atoms with Gasteiger partial charge in [-0.05, 0) is 25.0 Å². The number of rotatable bonds is 5. The molecule has 0 radical (unpaired) electrons. The van der Waals surface area contributed by atoms with E-state index >= 15 is 0 Å². The van der Waals surface area contributed by atoms with Crippen LogP contribution in [0.1, 0.15) is 33.7 Å². The van der Waals surface area contributed by atoms with Crippen LogP contribution in [0.2, 0.25) is 0 Å². The lowest BCUT2D eigenvalue weighted by Crippen LogP contribution is -2.54. The number of piperazine rings is 1. The van der Waals surface area contributed by atoms with Gasteiger partial charge in [0.05, 0.1) is 23.9 Å². The summed E-state index contributed by atoms with van der Waals surface area (Å²) in [7, 11) is 0. The topological polar surface area (TPSA) is 85.4 Å². The first kappa shape index (κ1) is 25.0. The average Bonchev–Trinajstić information content (AvgIpc) is 3.56. The number of imidazole rings is 1. The Morgan fingerprint density at radius 3 is 1.82 bits per heavy atom. The molecule has 2 amide bonds. The van der Waals surface area contributed by atoms with E-state index in [0.29, 0.717) is 30.4 Å². The van der Waals surface area contributed by atoms with E-state index in [4.69, 9.17) is 4.98 Å². The zero-order chi connectivity index (χ0) is 26.6. The van der Waals surface area contributed by atoms with Crippen molar-refractivity contribution in [3.05, 3.63) is 96.6 Å². The number of carbonyl (C=O) groups is 2. The van der Waals surface area contributed by atoms with E-state index in [2.05, 4.69) is 14.9 Å². The van der Waals surface area contributed by atoms with Gasteiger partial charge >= 0.3 is 0 Å². The van der Waals surface area contributed by atoms with Gasteiger partial charge in [-0.1, -0.05) is 60.7 Å². The number of pyridine rings is 1. The number of hydrogen-bond acceptors (Lipinski definition) is 5. The first-order chi connectivity index (χ1) is 19.2. The van der Waals surface area contributed by atoms with Crippen LogP contribution < -0.4 is 0 Å². The van der Waals surface area contributed by atoms with Crippen LogP contribution in [0.15, 0.2) is 85.3 Å². The highest BCUT2D eigenvalue weighted by Crippen LogP contribution is 2.26. The number of nitrogens with one attached hydrogen (secondary N) is 1. The normalized spacial score (nSPS) is 16.8. The summed E-state index contributed by atoms with van der Waals surface area (Å²) in [6.45, 7) is 4.54. The Hall–Kier alpha value is -4.30. The molecule has 2 aliphatic heterocycles. The van der Waals surface area contributed by atoms with E-state index < -0.39 is 0 Å². The van der Waals surface area contributed by atoms with E-state index in [0.717, 1.165) is 61.5 Å². The number of carbonyl (C=O) groups excluding carboxylic acids is 2. The molecule has 0 saturated carbocycles. The molecule has 4 heterocycles. The van der Waals surface area contributed by atoms with Gasteiger partial charge in [0.25, 0.3) is 11.8 Å². The minimum atomic E-state index is 0.0171. The fourth-order valence-electron chi connectivity index (χ4n) is 5.62. The molecule has 39 heavy (non-hydrogen) atoms. The molecular weight excluding hydrogens is 488 g/mol. The summed E-state index contributed by atoms with van der Waals surface area (Å²) in [6.07, 6.45) is 5.01. The molecule has 198 valence electrons. The first-order valence-corrected chi connectivity index (χ1v) is 13.6. The lowest BCUT2D eigenvalue weighted by molar-refractivity contribution is 0.0410. The van der Waals surface area contributed by atoms with Gasteiger partial charge in [0.1, 0.15) is 5.69 Å². The maximum absolute atomic E-state index is 13.7. The van der Waals surface area contributed by atoms with Crippen LogP contribution in [0, 0.1) is 0 Å². The molecule has 8 heteroatoms. The molecule has 4 aromatic rings. The van der Waals surface area contributed by atoms with Crippen molar-refractivity contribution in [2.24, 2.45) is 0 Å². The molecule has 8 nitrogen and oxygen atoms in total. The number of H-pyrrole nitrogens is 1. The van der Waals surface area contributed by atoms with Gasteiger partial charge in [-0.15, -0.1) is 0 Å². The molecule has 1 N–H and O–H groups in total. The van der Waals surface area contributed by atoms with Gasteiger partial charge < -0.3 is 14.8 Å². The Morgan fingerprint density at radius 1 is 0.718 bits per heavy atom. The van der Waals surface area contributed by atoms with Crippen molar-refractivity contribution in [3.8, 4) is 22.5 Å². The van der Waals surface area contributed by atoms with Crippen molar-refractivity contribution in [2.75, 3.05) is 39.3 Å². The van der Waals surface area contributed by atoms with Crippen LogP contribution in [0.25, 0.3) is 22.5 Å². The molecule has 2 aromatic carbocycles. The fraction of sp³-hybridized carbons (Fsp3) is 0.290. The maximum atomic E-state index is 13.7. The smallest absolute Gasteiger partial charge is 0.271 e. The zero-order valence-electron chi connectivity index (χ0n) is 21.9. The summed E-state index contributed by atoms with van der Waals surface area (Å²) in [5.41, 5.74) is 4.80. The highest BCUT2D eigenvalue weighted by atomic mass is 16.2. The number of likely N-dealkylation sites (tertiary alicyclic amines) is 1. The van der Waals surface area contributed by atoms with Gasteiger partial charge in [0.15, 0.2) is 0 Å². The lowest BCUT2D eigenvalue weighted by atomic mass is 10.0. The first-order valence-electron chi connectivity index (χ1n) is 13.6. The van der Waals surface area contributed by atoms with Gasteiger partial charge in [-0.2, -0.15) is 0 Å². The van der Waals surface area contributed by atoms with Gasteiger partial charge in [-0.3, -0.25) is 14.5 Å². The molecule has 0 unspecified atom stereocenters. The summed E-state index contributed by atoms with van der Waals surface area (Å²) < 4.78 is 0. The SMILES string of the molecule is O=C(c1cc(-c2ccccc2)nc(-c2ccccc2)c1)N1CCN(C2CCN(C(=O)c3cnc[nH]3)CC2)CC1. The van der Waals surface area contributed by atoms with E-state index in [1.54, 1.807) is 6.20 Å². The van der Waals surface area contributed by atoms with Gasteiger partial charge in [-0.25, -0.2) is 9.97 Å². The van der Waals surface area contributed by atoms with Crippen molar-refractivity contribution >= 4 is 11.8 Å². The molecule has 2 aliphatic rings. The Balaban J connectivity index is 1.12. The minimum Gasteiger partial charge on any atom is -0.341 e. The van der Waals surface area contributed by atoms with Crippen LogP contribution in [-0.4, -0.2) is 86.8 Å². The summed E-state index contributed by atoms with van der Waals surface area (Å²) in [4.78, 5) is 44.4. The van der Waals surface area contributed by atoms with E-state index in [-0.39, 0.29) is 11.8 Å². The molecule has 2 saturated heterocycles. The summed E-state index contributed by atoms with van der Waals surface area (Å²) >= 11 is 0. The van der Waals surface area contributed by atoms with E-state index in [9.17, 15) is 9.59 Å². The molecule has 2 fully saturated rings. The third-order valence-electron chi connectivity index (χ3n) is 7.81. The maximum Gasteiger partial charge on any atom is 0.271 e. The van der Waals surface area contributed by atoms with E-state index in [1.165, 1.54) is 6.33 Å². The monoisotopic (exact) mass is 520 g/mol. The average molecular weight is 521 g/mol. The third-order valence-corrected chi connectivity index (χ3v) is 7.81. The quantitative estimate of drug-likeness (QED) is 0.426. The minimum absolute atomic E-state index is 0.0171. The Bertz CT molecular complexity index is 1350. The summed E-state index contributed by atoms with van der Waals surface area (Å²) in [6, 6.07) is 24.3. The fourth-order valence-corrected chi connectivity index (χ4v) is 5.62. The number of aromatic amines is 1.